The molecule has 3 saturated carbocycles. The fraction of sp³-hybridized carbons (Fsp3) is 0.896. The Morgan fingerprint density at radius 2 is 1.36 bits per heavy atom. The van der Waals surface area contributed by atoms with E-state index in [0.717, 1.165) is 25.0 Å². The van der Waals surface area contributed by atoms with Crippen LogP contribution in [-0.2, 0) is 22.8 Å². The average Bonchev–Trinajstić information content (AvgIpc) is 3.38. The minimum Gasteiger partial charge on any atom is -0.412 e. The van der Waals surface area contributed by atoms with E-state index in [9.17, 15) is 4.79 Å². The zero-order chi connectivity index (χ0) is 42.7. The first kappa shape index (κ1) is 48.3. The smallest absolute Gasteiger partial charge is 0.192 e. The van der Waals surface area contributed by atoms with E-state index in [2.05, 4.69) is 148 Å². The third kappa shape index (κ3) is 9.57. The fourth-order valence-electron chi connectivity index (χ4n) is 10.7. The minimum absolute atomic E-state index is 0.0488. The number of hydrogen-bond acceptors (Lipinski definition) is 5. The first-order valence-electron chi connectivity index (χ1n) is 22.8. The van der Waals surface area contributed by atoms with E-state index in [-0.39, 0.29) is 44.4 Å². The summed E-state index contributed by atoms with van der Waals surface area (Å²) in [6.45, 7) is 48.2. The van der Waals surface area contributed by atoms with Crippen molar-refractivity contribution in [3.8, 4) is 0 Å². The van der Waals surface area contributed by atoms with Crippen molar-refractivity contribution in [3.63, 3.8) is 0 Å². The highest BCUT2D eigenvalue weighted by atomic mass is 28.4. The van der Waals surface area contributed by atoms with E-state index >= 15 is 0 Å². The number of allylic oxidation sites excluding steroid dienone is 3. The van der Waals surface area contributed by atoms with Crippen LogP contribution in [0.5, 0.6) is 0 Å². The van der Waals surface area contributed by atoms with Gasteiger partial charge in [0.05, 0.1) is 24.4 Å². The summed E-state index contributed by atoms with van der Waals surface area (Å²) < 4.78 is 29.0. The van der Waals surface area contributed by atoms with Gasteiger partial charge in [-0.1, -0.05) is 119 Å². The summed E-state index contributed by atoms with van der Waals surface area (Å²) in [5.41, 5.74) is 3.21. The van der Waals surface area contributed by atoms with Crippen LogP contribution in [0.25, 0.3) is 0 Å². The molecular weight excluding hydrogens is 741 g/mol. The van der Waals surface area contributed by atoms with Gasteiger partial charge in [0.1, 0.15) is 12.4 Å². The summed E-state index contributed by atoms with van der Waals surface area (Å²) in [5, 5.41) is 0.348. The van der Waals surface area contributed by atoms with E-state index in [1.54, 1.807) is 5.57 Å². The summed E-state index contributed by atoms with van der Waals surface area (Å²) in [7, 11) is -6.22. The molecule has 8 heteroatoms. The average molecular weight is 832 g/mol. The SMILES string of the molecule is C[C@H](CCCC(C)(C)O[Si](C)(C)C(C)(C)C)[C@H]1CC[C@H]2C3=CC=C4C[C@@H](O[Si](C)(C)C(C)(C)C)[C@@H](OCCC=O)[C@H](O[Si](C)(C)C(C)(C)C)[C@]4(C)[C@H]3CC[C@]12C. The Bertz CT molecular complexity index is 1440. The molecule has 0 aromatic rings. The molecule has 5 nitrogen and oxygen atoms in total. The van der Waals surface area contributed by atoms with Crippen LogP contribution >= 0.6 is 0 Å². The van der Waals surface area contributed by atoms with E-state index < -0.39 is 25.0 Å². The van der Waals surface area contributed by atoms with Crippen molar-refractivity contribution in [2.24, 2.45) is 34.5 Å². The van der Waals surface area contributed by atoms with Gasteiger partial charge in [-0.3, -0.25) is 0 Å². The molecule has 0 radical (unpaired) electrons. The molecule has 56 heavy (non-hydrogen) atoms. The maximum Gasteiger partial charge on any atom is 0.192 e. The third-order valence-electron chi connectivity index (χ3n) is 17.2. The molecule has 4 rings (SSSR count). The molecule has 0 unspecified atom stereocenters. The van der Waals surface area contributed by atoms with Crippen LogP contribution in [0.4, 0.5) is 0 Å². The molecule has 0 spiro atoms. The molecule has 0 N–H and O–H groups in total. The number of hydrogen-bond donors (Lipinski definition) is 0. The number of ether oxygens (including phenoxy) is 1. The fourth-order valence-corrected chi connectivity index (χ4v) is 15.2. The molecule has 0 heterocycles. The third-order valence-corrected chi connectivity index (χ3v) is 30.9. The summed E-state index contributed by atoms with van der Waals surface area (Å²) in [6.07, 6.45) is 15.6. The molecule has 4 aliphatic carbocycles. The van der Waals surface area contributed by atoms with Crippen LogP contribution in [0, 0.1) is 34.5 Å². The van der Waals surface area contributed by atoms with Crippen molar-refractivity contribution < 1.29 is 22.8 Å². The van der Waals surface area contributed by atoms with Gasteiger partial charge in [-0.2, -0.15) is 0 Å². The Morgan fingerprint density at radius 3 is 1.91 bits per heavy atom. The monoisotopic (exact) mass is 831 g/mol. The largest absolute Gasteiger partial charge is 0.412 e. The lowest BCUT2D eigenvalue weighted by Crippen LogP contribution is -2.65. The zero-order valence-electron chi connectivity index (χ0n) is 40.4. The zero-order valence-corrected chi connectivity index (χ0v) is 43.4. The van der Waals surface area contributed by atoms with Gasteiger partial charge in [-0.05, 0) is 136 Å². The van der Waals surface area contributed by atoms with Gasteiger partial charge in [0.2, 0.25) is 0 Å². The van der Waals surface area contributed by atoms with Gasteiger partial charge >= 0.3 is 0 Å². The van der Waals surface area contributed by atoms with Crippen LogP contribution < -0.4 is 0 Å². The van der Waals surface area contributed by atoms with Crippen molar-refractivity contribution in [3.05, 3.63) is 23.3 Å². The minimum atomic E-state index is -2.25. The summed E-state index contributed by atoms with van der Waals surface area (Å²) >= 11 is 0. The maximum absolute atomic E-state index is 11.7. The highest BCUT2D eigenvalue weighted by Gasteiger charge is 2.63. The first-order valence-corrected chi connectivity index (χ1v) is 31.5. The van der Waals surface area contributed by atoms with Crippen molar-refractivity contribution >= 4 is 31.2 Å². The molecular formula is C48H90O5Si3. The normalized spacial score (nSPS) is 32.6. The van der Waals surface area contributed by atoms with Crippen LogP contribution in [0.15, 0.2) is 23.3 Å². The highest BCUT2D eigenvalue weighted by molar-refractivity contribution is 6.75. The number of fused-ring (bicyclic) bond motifs is 5. The van der Waals surface area contributed by atoms with E-state index in [0.29, 0.717) is 36.2 Å². The number of rotatable bonds is 15. The molecule has 0 amide bonds. The molecule has 9 atom stereocenters. The van der Waals surface area contributed by atoms with Crippen LogP contribution in [-0.4, -0.2) is 61.8 Å². The number of aldehydes is 1. The van der Waals surface area contributed by atoms with Gasteiger partial charge in [0.15, 0.2) is 25.0 Å². The lowest BCUT2D eigenvalue weighted by Gasteiger charge is -2.61. The Balaban J connectivity index is 1.66. The maximum atomic E-state index is 11.7. The van der Waals surface area contributed by atoms with Crippen molar-refractivity contribution in [1.82, 2.24) is 0 Å². The van der Waals surface area contributed by atoms with Gasteiger partial charge in [0, 0.05) is 11.8 Å². The predicted octanol–water partition coefficient (Wildman–Crippen LogP) is 14.1. The van der Waals surface area contributed by atoms with E-state index in [4.69, 9.17) is 18.0 Å². The van der Waals surface area contributed by atoms with Crippen molar-refractivity contribution in [1.29, 1.82) is 0 Å². The molecule has 0 aliphatic heterocycles. The molecule has 0 saturated heterocycles. The van der Waals surface area contributed by atoms with Crippen LogP contribution in [0.1, 0.15) is 155 Å². The van der Waals surface area contributed by atoms with Crippen LogP contribution in [0.2, 0.25) is 54.4 Å². The van der Waals surface area contributed by atoms with Crippen molar-refractivity contribution in [2.75, 3.05) is 6.61 Å². The molecule has 324 valence electrons. The molecule has 3 fully saturated rings. The summed E-state index contributed by atoms with van der Waals surface area (Å²) in [5.74, 6) is 2.46. The Morgan fingerprint density at radius 1 is 0.786 bits per heavy atom. The molecule has 0 aromatic heterocycles. The van der Waals surface area contributed by atoms with Gasteiger partial charge < -0.3 is 22.8 Å². The lowest BCUT2D eigenvalue weighted by molar-refractivity contribution is -0.153. The molecule has 0 bridgehead atoms. The van der Waals surface area contributed by atoms with E-state index in [1.807, 2.05) is 0 Å². The Hall–Kier alpha value is -0.359. The summed E-state index contributed by atoms with van der Waals surface area (Å²) in [6, 6.07) is 0. The van der Waals surface area contributed by atoms with Gasteiger partial charge in [-0.15, -0.1) is 0 Å². The number of carbonyl (C=O) groups is 1. The topological polar surface area (TPSA) is 54.0 Å². The lowest BCUT2D eigenvalue weighted by atomic mass is 9.49. The summed E-state index contributed by atoms with van der Waals surface area (Å²) in [4.78, 5) is 11.7. The quantitative estimate of drug-likeness (QED) is 0.0935. The highest BCUT2D eigenvalue weighted by Crippen LogP contribution is 2.67. The number of carbonyl (C=O) groups excluding carboxylic acids is 1. The standard InChI is InChI=1S/C48H90O5Si3/c1-34(23-21-29-46(11,12)53-56(19,20)45(8,9)10)37-26-27-38-36-25-24-35-33-40(51-54(15,16)43(2,3)4)41(50-32-22-31-49)42(52-55(17,18)44(5,6)7)48(35,14)39(36)28-30-47(37,38)13/h24-25,31,34,37-42H,21-23,26-30,32-33H2,1-20H3/t34-,37-,38+,39+,40-,41-,42+,47-,48+/m1/s1. The Labute approximate surface area is 350 Å². The van der Waals surface area contributed by atoms with E-state index in [1.165, 1.54) is 44.1 Å². The first-order chi connectivity index (χ1) is 25.3. The van der Waals surface area contributed by atoms with Crippen molar-refractivity contribution in [2.45, 2.75) is 233 Å². The van der Waals surface area contributed by atoms with Crippen LogP contribution in [0.3, 0.4) is 0 Å². The molecule has 4 aliphatic rings. The second-order valence-corrected chi connectivity index (χ2v) is 38.9. The second-order valence-electron chi connectivity index (χ2n) is 24.7. The molecule has 0 aromatic carbocycles. The predicted molar refractivity (Wildman–Crippen MR) is 246 cm³/mol. The second kappa shape index (κ2) is 16.5. The van der Waals surface area contributed by atoms with Gasteiger partial charge in [0.25, 0.3) is 0 Å². The van der Waals surface area contributed by atoms with Gasteiger partial charge in [-0.25, -0.2) is 0 Å². The Kier molecular flexibility index (Phi) is 14.2.